The molecule has 0 radical (unpaired) electrons. The monoisotopic (exact) mass is 474 g/mol. The number of hydrogen-bond donors (Lipinski definition) is 1. The van der Waals surface area contributed by atoms with Crippen molar-refractivity contribution >= 4 is 67.6 Å². The maximum atomic E-state index is 12.3. The Morgan fingerprint density at radius 3 is 2.90 bits per heavy atom. The number of benzene rings is 1. The van der Waals surface area contributed by atoms with E-state index in [0.29, 0.717) is 15.5 Å². The molecule has 2 amide bonds. The van der Waals surface area contributed by atoms with Crippen LogP contribution in [0.1, 0.15) is 17.3 Å². The van der Waals surface area contributed by atoms with Crippen LogP contribution in [0.25, 0.3) is 10.2 Å². The maximum absolute atomic E-state index is 12.3. The van der Waals surface area contributed by atoms with Crippen molar-refractivity contribution in [2.45, 2.75) is 13.5 Å². The number of amides is 2. The maximum Gasteiger partial charge on any atom is 0.338 e. The number of ether oxygens (including phenoxy) is 1. The van der Waals surface area contributed by atoms with Crippen molar-refractivity contribution in [3.63, 3.8) is 0 Å². The van der Waals surface area contributed by atoms with Crippen LogP contribution >= 0.6 is 34.4 Å². The first-order valence-corrected chi connectivity index (χ1v) is 12.0. The molecule has 2 aromatic heterocycles. The van der Waals surface area contributed by atoms with Crippen LogP contribution in [0.2, 0.25) is 0 Å². The van der Waals surface area contributed by atoms with Crippen molar-refractivity contribution in [3.05, 3.63) is 40.1 Å². The van der Waals surface area contributed by atoms with Crippen LogP contribution in [0.15, 0.2) is 34.8 Å². The molecule has 0 aliphatic heterocycles. The highest BCUT2D eigenvalue weighted by Crippen LogP contribution is 2.20. The molecule has 0 aliphatic rings. The predicted octanol–water partition coefficient (Wildman–Crippen LogP) is 2.77. The number of carbonyl (C=O) groups excluding carboxylic acids is 3. The molecule has 0 aliphatic carbocycles. The zero-order chi connectivity index (χ0) is 22.2. The second kappa shape index (κ2) is 10.9. The molecule has 0 spiro atoms. The van der Waals surface area contributed by atoms with Crippen molar-refractivity contribution in [1.82, 2.24) is 9.55 Å². The summed E-state index contributed by atoms with van der Waals surface area (Å²) in [4.78, 5) is 44.8. The summed E-state index contributed by atoms with van der Waals surface area (Å²) in [6, 6.07) is 5.12. The fraction of sp³-hybridized carbons (Fsp3) is 0.250. The summed E-state index contributed by atoms with van der Waals surface area (Å²) in [5, 5.41) is 4.94. The van der Waals surface area contributed by atoms with E-state index in [0.717, 1.165) is 22.0 Å². The summed E-state index contributed by atoms with van der Waals surface area (Å²) in [6.07, 6.45) is 7.08. The number of carbonyl (C=O) groups is 3. The first-order chi connectivity index (χ1) is 15.0. The third-order valence-electron chi connectivity index (χ3n) is 3.80. The van der Waals surface area contributed by atoms with Gasteiger partial charge in [-0.15, -0.1) is 29.5 Å². The topological polar surface area (TPSA) is 103 Å². The second-order valence-corrected chi connectivity index (χ2v) is 8.85. The highest BCUT2D eigenvalue weighted by molar-refractivity contribution is 8.00. The van der Waals surface area contributed by atoms with Crippen LogP contribution in [-0.2, 0) is 20.9 Å². The summed E-state index contributed by atoms with van der Waals surface area (Å²) in [6.45, 7) is 2.26. The smallest absolute Gasteiger partial charge is 0.338 e. The van der Waals surface area contributed by atoms with E-state index in [-0.39, 0.29) is 36.5 Å². The fourth-order valence-electron chi connectivity index (χ4n) is 2.55. The Balaban J connectivity index is 1.72. The fourth-order valence-corrected chi connectivity index (χ4v) is 4.78. The Hall–Kier alpha value is -2.94. The number of fused-ring (bicyclic) bond motifs is 1. The summed E-state index contributed by atoms with van der Waals surface area (Å²) in [7, 11) is 0. The van der Waals surface area contributed by atoms with Crippen LogP contribution in [0, 0.1) is 12.3 Å². The van der Waals surface area contributed by atoms with Crippen molar-refractivity contribution in [2.75, 3.05) is 23.4 Å². The number of rotatable bonds is 8. The molecule has 0 atom stereocenters. The van der Waals surface area contributed by atoms with E-state index in [2.05, 4.69) is 21.2 Å². The van der Waals surface area contributed by atoms with Gasteiger partial charge in [-0.3, -0.25) is 9.59 Å². The zero-order valence-electron chi connectivity index (χ0n) is 16.5. The van der Waals surface area contributed by atoms with Crippen LogP contribution in [0.4, 0.5) is 5.13 Å². The average Bonchev–Trinajstić information content (AvgIpc) is 3.36. The van der Waals surface area contributed by atoms with Gasteiger partial charge in [0, 0.05) is 11.6 Å². The number of hydrogen-bond acceptors (Lipinski definition) is 8. The van der Waals surface area contributed by atoms with Gasteiger partial charge in [-0.25, -0.2) is 9.78 Å². The summed E-state index contributed by atoms with van der Waals surface area (Å²) in [5.74, 6) is 1.69. The first-order valence-electron chi connectivity index (χ1n) is 9.10. The molecule has 3 rings (SSSR count). The Kier molecular flexibility index (Phi) is 8.00. The number of aromatic nitrogens is 2. The normalized spacial score (nSPS) is 11.3. The summed E-state index contributed by atoms with van der Waals surface area (Å²) >= 11 is 3.75. The Labute approximate surface area is 190 Å². The minimum atomic E-state index is -0.414. The molecule has 11 heteroatoms. The first kappa shape index (κ1) is 22.7. The summed E-state index contributed by atoms with van der Waals surface area (Å²) in [5.41, 5.74) is 1.20. The van der Waals surface area contributed by atoms with Crippen LogP contribution < -0.4 is 10.1 Å². The molecule has 1 N–H and O–H groups in total. The van der Waals surface area contributed by atoms with Gasteiger partial charge in [-0.1, -0.05) is 17.3 Å². The van der Waals surface area contributed by atoms with E-state index in [9.17, 15) is 14.4 Å². The lowest BCUT2D eigenvalue weighted by Gasteiger charge is -2.03. The van der Waals surface area contributed by atoms with Crippen LogP contribution in [0.5, 0.6) is 0 Å². The molecule has 8 nitrogen and oxygen atoms in total. The zero-order valence-corrected chi connectivity index (χ0v) is 18.9. The van der Waals surface area contributed by atoms with E-state index in [4.69, 9.17) is 11.2 Å². The van der Waals surface area contributed by atoms with Gasteiger partial charge in [0.15, 0.2) is 9.93 Å². The van der Waals surface area contributed by atoms with Gasteiger partial charge < -0.3 is 14.6 Å². The molecule has 160 valence electrons. The second-order valence-electron chi connectivity index (χ2n) is 5.96. The quantitative estimate of drug-likeness (QED) is 0.398. The lowest BCUT2D eigenvalue weighted by atomic mass is 10.2. The highest BCUT2D eigenvalue weighted by atomic mass is 32.2. The molecule has 31 heavy (non-hydrogen) atoms. The predicted molar refractivity (Wildman–Crippen MR) is 123 cm³/mol. The largest absolute Gasteiger partial charge is 0.462 e. The van der Waals surface area contributed by atoms with E-state index < -0.39 is 5.97 Å². The molecule has 0 saturated heterocycles. The van der Waals surface area contributed by atoms with Gasteiger partial charge in [0.05, 0.1) is 40.4 Å². The highest BCUT2D eigenvalue weighted by Gasteiger charge is 2.13. The number of terminal acetylenes is 1. The number of thiazole rings is 2. The van der Waals surface area contributed by atoms with Gasteiger partial charge in [-0.2, -0.15) is 4.99 Å². The van der Waals surface area contributed by atoms with Crippen molar-refractivity contribution in [1.29, 1.82) is 0 Å². The minimum Gasteiger partial charge on any atom is -0.462 e. The molecular weight excluding hydrogens is 456 g/mol. The van der Waals surface area contributed by atoms with E-state index in [1.165, 1.54) is 22.7 Å². The summed E-state index contributed by atoms with van der Waals surface area (Å²) < 4.78 is 7.54. The number of esters is 1. The van der Waals surface area contributed by atoms with Gasteiger partial charge in [0.2, 0.25) is 5.91 Å². The van der Waals surface area contributed by atoms with Gasteiger partial charge in [-0.05, 0) is 25.1 Å². The molecule has 3 aromatic rings. The SMILES string of the molecule is C#CCn1c(=NC(=O)CSCC(=O)Nc2nccs2)sc2cc(C(=O)OCC)ccc21. The Morgan fingerprint density at radius 2 is 2.19 bits per heavy atom. The lowest BCUT2D eigenvalue weighted by molar-refractivity contribution is -0.115. The molecule has 0 unspecified atom stereocenters. The molecule has 0 fully saturated rings. The third-order valence-corrected chi connectivity index (χ3v) is 6.45. The molecule has 0 saturated carbocycles. The van der Waals surface area contributed by atoms with Crippen LogP contribution in [0.3, 0.4) is 0 Å². The van der Waals surface area contributed by atoms with E-state index >= 15 is 0 Å². The molecule has 2 heterocycles. The van der Waals surface area contributed by atoms with Crippen LogP contribution in [-0.4, -0.2) is 45.4 Å². The molecule has 1 aromatic carbocycles. The van der Waals surface area contributed by atoms with E-state index in [1.807, 2.05) is 0 Å². The van der Waals surface area contributed by atoms with Gasteiger partial charge in [0.1, 0.15) is 0 Å². The van der Waals surface area contributed by atoms with Crippen molar-refractivity contribution in [3.8, 4) is 12.3 Å². The Morgan fingerprint density at radius 1 is 1.35 bits per heavy atom. The molecule has 0 bridgehead atoms. The molecular formula is C20H18N4O4S3. The average molecular weight is 475 g/mol. The van der Waals surface area contributed by atoms with Gasteiger partial charge >= 0.3 is 5.97 Å². The lowest BCUT2D eigenvalue weighted by Crippen LogP contribution is -2.18. The van der Waals surface area contributed by atoms with E-state index in [1.54, 1.807) is 41.3 Å². The number of nitrogens with zero attached hydrogens (tertiary/aromatic N) is 3. The number of nitrogens with one attached hydrogen (secondary N) is 1. The Bertz CT molecular complexity index is 1210. The van der Waals surface area contributed by atoms with Crippen molar-refractivity contribution < 1.29 is 19.1 Å². The number of thioether (sulfide) groups is 1. The standard InChI is InChI=1S/C20H18N4O4S3/c1-3-8-24-14-6-5-13(18(27)28-4-2)10-15(14)31-20(24)23-17(26)12-29-11-16(25)22-19-21-7-9-30-19/h1,5-7,9-10H,4,8,11-12H2,2H3,(H,21,22,25). The van der Waals surface area contributed by atoms with Gasteiger partial charge in [0.25, 0.3) is 5.91 Å². The minimum absolute atomic E-state index is 0.0453. The van der Waals surface area contributed by atoms with Crippen molar-refractivity contribution in [2.24, 2.45) is 4.99 Å². The number of anilines is 1. The third kappa shape index (κ3) is 6.04.